The standard InChI is InChI=1S/C21H31N3/c1-2-23-20(14-18-11-7-4-8-12-18)16-24-19(15-22-21(23)24)13-17-9-5-3-6-10-17/h4,7-8,11-12,17,19-20H,2-3,5-6,9-10,13-16H2,1H3/t19-,20-/m0/s1. The SMILES string of the molecule is CCN1C2=NC[C@H](CC3CCCCC3)N2C[C@@H]1Cc1ccccc1. The number of aliphatic imine (C=N–C) groups is 1. The van der Waals surface area contributed by atoms with Crippen molar-refractivity contribution < 1.29 is 0 Å². The topological polar surface area (TPSA) is 18.8 Å². The average molecular weight is 325 g/mol. The number of benzene rings is 1. The molecule has 0 unspecified atom stereocenters. The Morgan fingerprint density at radius 2 is 1.83 bits per heavy atom. The van der Waals surface area contributed by atoms with E-state index in [2.05, 4.69) is 47.1 Å². The van der Waals surface area contributed by atoms with Crippen LogP contribution in [-0.4, -0.2) is 47.5 Å². The smallest absolute Gasteiger partial charge is 0.197 e. The molecule has 1 saturated carbocycles. The first-order valence-corrected chi connectivity index (χ1v) is 9.96. The van der Waals surface area contributed by atoms with Crippen LogP contribution < -0.4 is 0 Å². The summed E-state index contributed by atoms with van der Waals surface area (Å²) in [6.07, 6.45) is 9.75. The monoisotopic (exact) mass is 325 g/mol. The molecule has 1 saturated heterocycles. The molecule has 1 aromatic carbocycles. The van der Waals surface area contributed by atoms with Crippen LogP contribution in [0.4, 0.5) is 0 Å². The quantitative estimate of drug-likeness (QED) is 0.816. The molecule has 2 aliphatic heterocycles. The molecule has 2 fully saturated rings. The lowest BCUT2D eigenvalue weighted by Gasteiger charge is -2.29. The summed E-state index contributed by atoms with van der Waals surface area (Å²) < 4.78 is 0. The van der Waals surface area contributed by atoms with E-state index >= 15 is 0 Å². The predicted molar refractivity (Wildman–Crippen MR) is 100 cm³/mol. The van der Waals surface area contributed by atoms with E-state index < -0.39 is 0 Å². The lowest BCUT2D eigenvalue weighted by molar-refractivity contribution is 0.248. The van der Waals surface area contributed by atoms with E-state index in [0.29, 0.717) is 12.1 Å². The molecular formula is C21H31N3. The maximum atomic E-state index is 4.96. The summed E-state index contributed by atoms with van der Waals surface area (Å²) in [7, 11) is 0. The number of rotatable bonds is 5. The highest BCUT2D eigenvalue weighted by Crippen LogP contribution is 2.33. The Labute approximate surface area is 146 Å². The van der Waals surface area contributed by atoms with Crippen LogP contribution in [0.5, 0.6) is 0 Å². The van der Waals surface area contributed by atoms with E-state index in [1.165, 1.54) is 56.6 Å². The van der Waals surface area contributed by atoms with Crippen molar-refractivity contribution in [2.45, 2.75) is 64.0 Å². The van der Waals surface area contributed by atoms with Gasteiger partial charge in [-0.2, -0.15) is 0 Å². The zero-order valence-electron chi connectivity index (χ0n) is 15.0. The minimum atomic E-state index is 0.588. The van der Waals surface area contributed by atoms with Gasteiger partial charge in [0.1, 0.15) is 0 Å². The van der Waals surface area contributed by atoms with E-state index in [0.717, 1.165) is 25.4 Å². The molecule has 0 amide bonds. The summed E-state index contributed by atoms with van der Waals surface area (Å²) >= 11 is 0. The number of guanidine groups is 1. The highest BCUT2D eigenvalue weighted by Gasteiger charge is 2.41. The Kier molecular flexibility index (Phi) is 4.77. The van der Waals surface area contributed by atoms with Gasteiger partial charge in [-0.05, 0) is 31.2 Å². The molecular weight excluding hydrogens is 294 g/mol. The third kappa shape index (κ3) is 3.18. The molecule has 2 heterocycles. The van der Waals surface area contributed by atoms with Crippen molar-refractivity contribution in [1.29, 1.82) is 0 Å². The van der Waals surface area contributed by atoms with Crippen LogP contribution in [0.25, 0.3) is 0 Å². The van der Waals surface area contributed by atoms with Crippen molar-refractivity contribution in [2.75, 3.05) is 19.6 Å². The molecule has 0 radical (unpaired) electrons. The fraction of sp³-hybridized carbons (Fsp3) is 0.667. The second kappa shape index (κ2) is 7.16. The normalized spacial score (nSPS) is 27.5. The average Bonchev–Trinajstić information content (AvgIpc) is 3.16. The zero-order chi connectivity index (χ0) is 16.4. The minimum absolute atomic E-state index is 0.588. The molecule has 2 atom stereocenters. The van der Waals surface area contributed by atoms with E-state index in [4.69, 9.17) is 4.99 Å². The van der Waals surface area contributed by atoms with Crippen LogP contribution >= 0.6 is 0 Å². The summed E-state index contributed by atoms with van der Waals surface area (Å²) in [5.74, 6) is 2.24. The lowest BCUT2D eigenvalue weighted by atomic mass is 9.84. The van der Waals surface area contributed by atoms with E-state index in [9.17, 15) is 0 Å². The van der Waals surface area contributed by atoms with Gasteiger partial charge in [0.15, 0.2) is 5.96 Å². The van der Waals surface area contributed by atoms with E-state index in [1.807, 2.05) is 0 Å². The van der Waals surface area contributed by atoms with Crippen molar-refractivity contribution in [1.82, 2.24) is 9.80 Å². The van der Waals surface area contributed by atoms with E-state index in [-0.39, 0.29) is 0 Å². The Morgan fingerprint density at radius 1 is 1.04 bits per heavy atom. The Morgan fingerprint density at radius 3 is 2.58 bits per heavy atom. The van der Waals surface area contributed by atoms with Crippen LogP contribution in [0, 0.1) is 5.92 Å². The molecule has 1 aliphatic carbocycles. The third-order valence-electron chi connectivity index (χ3n) is 6.23. The van der Waals surface area contributed by atoms with Crippen molar-refractivity contribution in [3.8, 4) is 0 Å². The van der Waals surface area contributed by atoms with Gasteiger partial charge in [-0.15, -0.1) is 0 Å². The van der Waals surface area contributed by atoms with Crippen molar-refractivity contribution >= 4 is 5.96 Å². The fourth-order valence-electron chi connectivity index (χ4n) is 4.99. The van der Waals surface area contributed by atoms with Gasteiger partial charge in [0.05, 0.1) is 18.6 Å². The lowest BCUT2D eigenvalue weighted by Crippen LogP contribution is -2.37. The number of hydrogen-bond donors (Lipinski definition) is 0. The maximum Gasteiger partial charge on any atom is 0.197 e. The molecule has 0 spiro atoms. The first-order chi connectivity index (χ1) is 11.8. The van der Waals surface area contributed by atoms with Gasteiger partial charge in [-0.25, -0.2) is 0 Å². The number of nitrogens with zero attached hydrogens (tertiary/aromatic N) is 3. The second-order valence-electron chi connectivity index (χ2n) is 7.82. The Hall–Kier alpha value is -1.51. The zero-order valence-corrected chi connectivity index (χ0v) is 15.0. The van der Waals surface area contributed by atoms with Crippen LogP contribution in [0.15, 0.2) is 35.3 Å². The summed E-state index contributed by atoms with van der Waals surface area (Å²) in [6, 6.07) is 12.2. The number of fused-ring (bicyclic) bond motifs is 1. The van der Waals surface area contributed by atoms with Crippen LogP contribution in [0.1, 0.15) is 51.0 Å². The summed E-state index contributed by atoms with van der Waals surface area (Å²) in [5.41, 5.74) is 1.45. The maximum absolute atomic E-state index is 4.96. The van der Waals surface area contributed by atoms with Crippen LogP contribution in [0.2, 0.25) is 0 Å². The van der Waals surface area contributed by atoms with Gasteiger partial charge in [0, 0.05) is 13.1 Å². The minimum Gasteiger partial charge on any atom is -0.338 e. The molecule has 3 nitrogen and oxygen atoms in total. The molecule has 0 aromatic heterocycles. The Bertz CT molecular complexity index is 562. The van der Waals surface area contributed by atoms with Gasteiger partial charge >= 0.3 is 0 Å². The fourth-order valence-corrected chi connectivity index (χ4v) is 4.99. The molecule has 3 heteroatoms. The molecule has 1 aromatic rings. The van der Waals surface area contributed by atoms with Gasteiger partial charge < -0.3 is 9.80 Å². The molecule has 3 aliphatic rings. The highest BCUT2D eigenvalue weighted by molar-refractivity contribution is 5.84. The van der Waals surface area contributed by atoms with Crippen LogP contribution in [-0.2, 0) is 6.42 Å². The highest BCUT2D eigenvalue weighted by atomic mass is 15.5. The van der Waals surface area contributed by atoms with Gasteiger partial charge in [0.25, 0.3) is 0 Å². The largest absolute Gasteiger partial charge is 0.338 e. The number of likely N-dealkylation sites (N-methyl/N-ethyl adjacent to an activating group) is 1. The molecule has 0 N–H and O–H groups in total. The van der Waals surface area contributed by atoms with Gasteiger partial charge in [-0.3, -0.25) is 4.99 Å². The Balaban J connectivity index is 1.42. The van der Waals surface area contributed by atoms with Crippen LogP contribution in [0.3, 0.4) is 0 Å². The first kappa shape index (κ1) is 16.0. The van der Waals surface area contributed by atoms with Gasteiger partial charge in [-0.1, -0.05) is 62.4 Å². The molecule has 24 heavy (non-hydrogen) atoms. The van der Waals surface area contributed by atoms with Gasteiger partial charge in [0.2, 0.25) is 0 Å². The third-order valence-corrected chi connectivity index (χ3v) is 6.23. The summed E-state index contributed by atoms with van der Waals surface area (Å²) in [6.45, 7) is 5.54. The molecule has 130 valence electrons. The van der Waals surface area contributed by atoms with Crippen molar-refractivity contribution in [2.24, 2.45) is 10.9 Å². The van der Waals surface area contributed by atoms with Crippen molar-refractivity contribution in [3.63, 3.8) is 0 Å². The predicted octanol–water partition coefficient (Wildman–Crippen LogP) is 3.94. The second-order valence-corrected chi connectivity index (χ2v) is 7.82. The van der Waals surface area contributed by atoms with E-state index in [1.54, 1.807) is 0 Å². The summed E-state index contributed by atoms with van der Waals surface area (Å²) in [5, 5.41) is 0. The first-order valence-electron chi connectivity index (χ1n) is 9.96. The number of hydrogen-bond acceptors (Lipinski definition) is 3. The summed E-state index contributed by atoms with van der Waals surface area (Å²) in [4.78, 5) is 10.2. The molecule has 4 rings (SSSR count). The molecule has 0 bridgehead atoms. The van der Waals surface area contributed by atoms with Crippen molar-refractivity contribution in [3.05, 3.63) is 35.9 Å².